The van der Waals surface area contributed by atoms with Crippen LogP contribution in [0.4, 0.5) is 0 Å². The average molecular weight is 197 g/mol. The van der Waals surface area contributed by atoms with Crippen LogP contribution in [0.3, 0.4) is 0 Å². The molecular weight excluding hydrogens is 174 g/mol. The Morgan fingerprint density at radius 2 is 2.21 bits per heavy atom. The summed E-state index contributed by atoms with van der Waals surface area (Å²) in [5.74, 6) is 0. The fourth-order valence-electron chi connectivity index (χ4n) is 2.24. The van der Waals surface area contributed by atoms with Gasteiger partial charge >= 0.3 is 0 Å². The van der Waals surface area contributed by atoms with Crippen LogP contribution in [-0.2, 0) is 0 Å². The third-order valence-electron chi connectivity index (χ3n) is 3.14. The lowest BCUT2D eigenvalue weighted by atomic mass is 9.86. The van der Waals surface area contributed by atoms with Gasteiger partial charge in [-0.25, -0.2) is 0 Å². The lowest BCUT2D eigenvalue weighted by Crippen LogP contribution is -2.39. The summed E-state index contributed by atoms with van der Waals surface area (Å²) in [4.78, 5) is 0. The second-order valence-electron chi connectivity index (χ2n) is 4.31. The van der Waals surface area contributed by atoms with Crippen molar-refractivity contribution in [2.75, 3.05) is 6.54 Å². The first-order valence-electron chi connectivity index (χ1n) is 5.85. The number of hydrogen-bond acceptors (Lipinski definition) is 2. The summed E-state index contributed by atoms with van der Waals surface area (Å²) in [6.45, 7) is 2.46. The van der Waals surface area contributed by atoms with Crippen molar-refractivity contribution in [2.45, 2.75) is 57.5 Å². The van der Waals surface area contributed by atoms with Crippen molar-refractivity contribution in [1.82, 2.24) is 0 Å². The smallest absolute Gasteiger partial charge is 0.0978 e. The Balaban J connectivity index is 2.70. The van der Waals surface area contributed by atoms with Crippen LogP contribution in [0.1, 0.15) is 51.9 Å². The number of aliphatic hydroxyl groups is 1. The topological polar surface area (TPSA) is 46.2 Å². The van der Waals surface area contributed by atoms with Gasteiger partial charge in [-0.2, -0.15) is 0 Å². The average Bonchev–Trinajstić information content (AvgIpc) is 2.46. The highest BCUT2D eigenvalue weighted by Crippen LogP contribution is 2.29. The van der Waals surface area contributed by atoms with E-state index in [9.17, 15) is 5.11 Å². The zero-order valence-corrected chi connectivity index (χ0v) is 9.26. The van der Waals surface area contributed by atoms with Gasteiger partial charge < -0.3 is 10.8 Å². The summed E-state index contributed by atoms with van der Waals surface area (Å²) in [7, 11) is 0. The Morgan fingerprint density at radius 3 is 2.86 bits per heavy atom. The predicted octanol–water partition coefficient (Wildman–Crippen LogP) is 2.37. The lowest BCUT2D eigenvalue weighted by molar-refractivity contribution is 0.0732. The first-order valence-corrected chi connectivity index (χ1v) is 5.85. The van der Waals surface area contributed by atoms with Crippen LogP contribution in [0.5, 0.6) is 0 Å². The zero-order valence-electron chi connectivity index (χ0n) is 9.26. The predicted molar refractivity (Wildman–Crippen MR) is 60.1 cm³/mol. The van der Waals surface area contributed by atoms with Gasteiger partial charge in [0, 0.05) is 6.54 Å². The minimum Gasteiger partial charge on any atom is -0.384 e. The molecule has 0 aliphatic heterocycles. The Labute approximate surface area is 87.2 Å². The third kappa shape index (κ3) is 2.82. The molecule has 1 atom stereocenters. The molecule has 0 saturated carbocycles. The van der Waals surface area contributed by atoms with E-state index in [0.29, 0.717) is 6.54 Å². The molecule has 2 nitrogen and oxygen atoms in total. The molecule has 82 valence electrons. The minimum absolute atomic E-state index is 0.368. The molecule has 0 aromatic rings. The summed E-state index contributed by atoms with van der Waals surface area (Å²) in [5.41, 5.74) is 6.17. The van der Waals surface area contributed by atoms with E-state index in [1.807, 2.05) is 0 Å². The van der Waals surface area contributed by atoms with E-state index in [4.69, 9.17) is 5.73 Å². The molecule has 0 aromatic heterocycles. The van der Waals surface area contributed by atoms with E-state index in [1.54, 1.807) is 0 Å². The van der Waals surface area contributed by atoms with Gasteiger partial charge in [-0.15, -0.1) is 0 Å². The molecule has 0 aromatic carbocycles. The van der Waals surface area contributed by atoms with Crippen molar-refractivity contribution in [1.29, 1.82) is 0 Å². The Kier molecular flexibility index (Phi) is 4.63. The molecule has 1 aliphatic carbocycles. The maximum atomic E-state index is 10.4. The SMILES string of the molecule is CCCC(O)(CN)C1=CCCCCC1. The van der Waals surface area contributed by atoms with Gasteiger partial charge in [-0.3, -0.25) is 0 Å². The molecule has 0 saturated heterocycles. The standard InChI is InChI=1S/C12H23NO/c1-2-9-12(14,10-13)11-7-5-3-4-6-8-11/h7,14H,2-6,8-10,13H2,1H3. The second-order valence-corrected chi connectivity index (χ2v) is 4.31. The molecule has 14 heavy (non-hydrogen) atoms. The largest absolute Gasteiger partial charge is 0.384 e. The van der Waals surface area contributed by atoms with E-state index >= 15 is 0 Å². The van der Waals surface area contributed by atoms with Crippen molar-refractivity contribution in [2.24, 2.45) is 5.73 Å². The maximum Gasteiger partial charge on any atom is 0.0978 e. The lowest BCUT2D eigenvalue weighted by Gasteiger charge is -2.29. The quantitative estimate of drug-likeness (QED) is 0.680. The van der Waals surface area contributed by atoms with Gasteiger partial charge in [0.2, 0.25) is 0 Å². The Bertz CT molecular complexity index is 200. The van der Waals surface area contributed by atoms with E-state index in [-0.39, 0.29) is 0 Å². The number of rotatable bonds is 4. The van der Waals surface area contributed by atoms with Crippen molar-refractivity contribution >= 4 is 0 Å². The van der Waals surface area contributed by atoms with Crippen LogP contribution < -0.4 is 5.73 Å². The van der Waals surface area contributed by atoms with Gasteiger partial charge in [0.05, 0.1) is 5.60 Å². The Morgan fingerprint density at radius 1 is 1.43 bits per heavy atom. The maximum absolute atomic E-state index is 10.4. The van der Waals surface area contributed by atoms with Gasteiger partial charge in [0.1, 0.15) is 0 Å². The molecule has 1 aliphatic rings. The fourth-order valence-corrected chi connectivity index (χ4v) is 2.24. The molecule has 2 heteroatoms. The molecule has 0 bridgehead atoms. The van der Waals surface area contributed by atoms with Crippen molar-refractivity contribution in [3.63, 3.8) is 0 Å². The first kappa shape index (κ1) is 11.7. The van der Waals surface area contributed by atoms with Crippen LogP contribution in [-0.4, -0.2) is 17.3 Å². The molecule has 0 spiro atoms. The van der Waals surface area contributed by atoms with Crippen molar-refractivity contribution in [3.8, 4) is 0 Å². The van der Waals surface area contributed by atoms with Gasteiger partial charge in [-0.1, -0.05) is 25.8 Å². The molecule has 1 rings (SSSR count). The van der Waals surface area contributed by atoms with Gasteiger partial charge in [-0.05, 0) is 37.7 Å². The van der Waals surface area contributed by atoms with Crippen molar-refractivity contribution < 1.29 is 5.11 Å². The van der Waals surface area contributed by atoms with Crippen LogP contribution in [0.15, 0.2) is 11.6 Å². The summed E-state index contributed by atoms with van der Waals surface area (Å²) >= 11 is 0. The molecule has 1 unspecified atom stereocenters. The first-order chi connectivity index (χ1) is 6.73. The van der Waals surface area contributed by atoms with Crippen LogP contribution in [0.2, 0.25) is 0 Å². The third-order valence-corrected chi connectivity index (χ3v) is 3.14. The van der Waals surface area contributed by atoms with E-state index in [0.717, 1.165) is 25.7 Å². The van der Waals surface area contributed by atoms with E-state index in [1.165, 1.54) is 24.8 Å². The molecule has 0 heterocycles. The van der Waals surface area contributed by atoms with Crippen molar-refractivity contribution in [3.05, 3.63) is 11.6 Å². The highest BCUT2D eigenvalue weighted by atomic mass is 16.3. The zero-order chi connectivity index (χ0) is 10.4. The fraction of sp³-hybridized carbons (Fsp3) is 0.833. The Hall–Kier alpha value is -0.340. The van der Waals surface area contributed by atoms with Gasteiger partial charge in [0.25, 0.3) is 0 Å². The monoisotopic (exact) mass is 197 g/mol. The highest BCUT2D eigenvalue weighted by Gasteiger charge is 2.28. The molecule has 0 radical (unpaired) electrons. The molecule has 0 amide bonds. The summed E-state index contributed by atoms with van der Waals surface area (Å²) in [5, 5.41) is 10.4. The molecular formula is C12H23NO. The number of allylic oxidation sites excluding steroid dienone is 1. The molecule has 3 N–H and O–H groups in total. The molecule has 0 fully saturated rings. The van der Waals surface area contributed by atoms with Crippen LogP contribution in [0, 0.1) is 0 Å². The second kappa shape index (κ2) is 5.52. The van der Waals surface area contributed by atoms with Crippen LogP contribution in [0.25, 0.3) is 0 Å². The van der Waals surface area contributed by atoms with Gasteiger partial charge in [0.15, 0.2) is 0 Å². The summed E-state index contributed by atoms with van der Waals surface area (Å²) in [6.07, 6.45) is 9.91. The summed E-state index contributed by atoms with van der Waals surface area (Å²) in [6, 6.07) is 0. The number of hydrogen-bond donors (Lipinski definition) is 2. The van der Waals surface area contributed by atoms with E-state index < -0.39 is 5.60 Å². The highest BCUT2D eigenvalue weighted by molar-refractivity contribution is 5.18. The number of nitrogens with two attached hydrogens (primary N) is 1. The van der Waals surface area contributed by atoms with Crippen LogP contribution >= 0.6 is 0 Å². The normalized spacial score (nSPS) is 22.4. The summed E-state index contributed by atoms with van der Waals surface area (Å²) < 4.78 is 0. The van der Waals surface area contributed by atoms with E-state index in [2.05, 4.69) is 13.0 Å². The minimum atomic E-state index is -0.709.